The van der Waals surface area contributed by atoms with Crippen molar-refractivity contribution in [3.05, 3.63) is 54.4 Å². The van der Waals surface area contributed by atoms with E-state index in [0.29, 0.717) is 0 Å². The van der Waals surface area contributed by atoms with Crippen molar-refractivity contribution in [2.45, 2.75) is 38.5 Å². The molecule has 1 saturated heterocycles. The molecule has 1 atom stereocenters. The summed E-state index contributed by atoms with van der Waals surface area (Å²) in [7, 11) is 0. The van der Waals surface area contributed by atoms with Crippen LogP contribution in [0.2, 0.25) is 0 Å². The predicted octanol–water partition coefficient (Wildman–Crippen LogP) is 3.92. The SMILES string of the molecule is O=C1NCCN(CC2CCCCC2)C[C@@H]1Cc1cccc(-c2cccnc2)c1. The van der Waals surface area contributed by atoms with Gasteiger partial charge in [0.15, 0.2) is 0 Å². The topological polar surface area (TPSA) is 45.2 Å². The minimum absolute atomic E-state index is 0.0234. The second kappa shape index (κ2) is 9.33. The maximum atomic E-state index is 12.7. The van der Waals surface area contributed by atoms with E-state index >= 15 is 0 Å². The number of hydrogen-bond acceptors (Lipinski definition) is 3. The molecule has 0 radical (unpaired) electrons. The van der Waals surface area contributed by atoms with Crippen LogP contribution in [-0.2, 0) is 11.2 Å². The molecule has 1 N–H and O–H groups in total. The van der Waals surface area contributed by atoms with Gasteiger partial charge in [-0.3, -0.25) is 9.78 Å². The van der Waals surface area contributed by atoms with Gasteiger partial charge in [0.05, 0.1) is 5.92 Å². The third kappa shape index (κ3) is 4.99. The van der Waals surface area contributed by atoms with Gasteiger partial charge in [-0.05, 0) is 47.9 Å². The molecule has 4 heteroatoms. The number of aromatic nitrogens is 1. The van der Waals surface area contributed by atoms with E-state index < -0.39 is 0 Å². The highest BCUT2D eigenvalue weighted by molar-refractivity contribution is 5.79. The molecule has 1 aromatic heterocycles. The van der Waals surface area contributed by atoms with Gasteiger partial charge < -0.3 is 10.2 Å². The Balaban J connectivity index is 1.44. The predicted molar refractivity (Wildman–Crippen MR) is 113 cm³/mol. The molecule has 4 rings (SSSR count). The Hall–Kier alpha value is -2.20. The molecule has 1 aliphatic carbocycles. The zero-order valence-electron chi connectivity index (χ0n) is 16.6. The second-order valence-corrected chi connectivity index (χ2v) is 8.40. The molecular weight excluding hydrogens is 346 g/mol. The van der Waals surface area contributed by atoms with Crippen molar-refractivity contribution in [1.82, 2.24) is 15.2 Å². The van der Waals surface area contributed by atoms with E-state index in [-0.39, 0.29) is 11.8 Å². The average Bonchev–Trinajstić information content (AvgIpc) is 2.91. The van der Waals surface area contributed by atoms with E-state index in [1.165, 1.54) is 43.2 Å². The Kier molecular flexibility index (Phi) is 6.38. The summed E-state index contributed by atoms with van der Waals surface area (Å²) in [6.45, 7) is 3.78. The summed E-state index contributed by atoms with van der Waals surface area (Å²) in [6, 6.07) is 12.6. The number of rotatable bonds is 5. The Morgan fingerprint density at radius 2 is 1.93 bits per heavy atom. The molecule has 1 amide bonds. The maximum Gasteiger partial charge on any atom is 0.224 e. The Labute approximate surface area is 168 Å². The number of nitrogens with zero attached hydrogens (tertiary/aromatic N) is 2. The number of pyridine rings is 1. The molecule has 0 bridgehead atoms. The molecule has 1 aromatic carbocycles. The Bertz CT molecular complexity index is 770. The molecule has 2 aliphatic rings. The molecule has 148 valence electrons. The lowest BCUT2D eigenvalue weighted by atomic mass is 9.88. The first-order valence-electron chi connectivity index (χ1n) is 10.8. The zero-order chi connectivity index (χ0) is 19.2. The molecule has 0 unspecified atom stereocenters. The molecule has 0 spiro atoms. The molecular formula is C24H31N3O. The summed E-state index contributed by atoms with van der Waals surface area (Å²) < 4.78 is 0. The standard InChI is InChI=1S/C24H31N3O/c28-24-23(18-27(13-12-26-24)17-19-6-2-1-3-7-19)15-20-8-4-9-21(14-20)22-10-5-11-25-16-22/h4-5,8-11,14,16,19,23H,1-3,6-7,12-13,15,17-18H2,(H,26,28)/t23-/m0/s1. The van der Waals surface area contributed by atoms with E-state index in [2.05, 4.69) is 45.5 Å². The van der Waals surface area contributed by atoms with Gasteiger partial charge in [-0.2, -0.15) is 0 Å². The summed E-state index contributed by atoms with van der Waals surface area (Å²) in [6.07, 6.45) is 11.3. The van der Waals surface area contributed by atoms with Crippen molar-refractivity contribution in [3.63, 3.8) is 0 Å². The van der Waals surface area contributed by atoms with Gasteiger partial charge in [-0.1, -0.05) is 49.6 Å². The van der Waals surface area contributed by atoms with Crippen molar-refractivity contribution in [2.75, 3.05) is 26.2 Å². The van der Waals surface area contributed by atoms with E-state index in [9.17, 15) is 4.79 Å². The summed E-state index contributed by atoms with van der Waals surface area (Å²) in [5.41, 5.74) is 3.51. The lowest BCUT2D eigenvalue weighted by Gasteiger charge is -2.29. The Morgan fingerprint density at radius 3 is 2.75 bits per heavy atom. The van der Waals surface area contributed by atoms with Gasteiger partial charge in [0.25, 0.3) is 0 Å². The van der Waals surface area contributed by atoms with Crippen LogP contribution in [0.4, 0.5) is 0 Å². The summed E-state index contributed by atoms with van der Waals surface area (Å²) in [5.74, 6) is 1.05. The fourth-order valence-electron chi connectivity index (χ4n) is 4.72. The van der Waals surface area contributed by atoms with Crippen LogP contribution in [-0.4, -0.2) is 42.0 Å². The number of carbonyl (C=O) groups excluding carboxylic acids is 1. The van der Waals surface area contributed by atoms with Crippen LogP contribution in [0.3, 0.4) is 0 Å². The van der Waals surface area contributed by atoms with E-state index in [0.717, 1.165) is 44.1 Å². The summed E-state index contributed by atoms with van der Waals surface area (Å²) in [4.78, 5) is 19.4. The van der Waals surface area contributed by atoms with Gasteiger partial charge in [-0.25, -0.2) is 0 Å². The second-order valence-electron chi connectivity index (χ2n) is 8.40. The van der Waals surface area contributed by atoms with E-state index in [1.807, 2.05) is 12.3 Å². The third-order valence-electron chi connectivity index (χ3n) is 6.22. The largest absolute Gasteiger partial charge is 0.355 e. The average molecular weight is 378 g/mol. The highest BCUT2D eigenvalue weighted by Gasteiger charge is 2.27. The first-order valence-corrected chi connectivity index (χ1v) is 10.8. The first-order chi connectivity index (χ1) is 13.8. The highest BCUT2D eigenvalue weighted by Crippen LogP contribution is 2.26. The normalized spacial score (nSPS) is 21.9. The smallest absolute Gasteiger partial charge is 0.224 e. The van der Waals surface area contributed by atoms with Gasteiger partial charge in [-0.15, -0.1) is 0 Å². The lowest BCUT2D eigenvalue weighted by Crippen LogP contribution is -2.36. The minimum Gasteiger partial charge on any atom is -0.355 e. The van der Waals surface area contributed by atoms with Crippen molar-refractivity contribution >= 4 is 5.91 Å². The van der Waals surface area contributed by atoms with E-state index in [4.69, 9.17) is 0 Å². The number of benzene rings is 1. The molecule has 1 saturated carbocycles. The van der Waals surface area contributed by atoms with Gasteiger partial charge in [0, 0.05) is 38.6 Å². The van der Waals surface area contributed by atoms with Gasteiger partial charge in [0.2, 0.25) is 5.91 Å². The van der Waals surface area contributed by atoms with Crippen LogP contribution in [0.5, 0.6) is 0 Å². The van der Waals surface area contributed by atoms with Crippen LogP contribution < -0.4 is 5.32 Å². The number of hydrogen-bond donors (Lipinski definition) is 1. The zero-order valence-corrected chi connectivity index (χ0v) is 16.6. The minimum atomic E-state index is 0.0234. The van der Waals surface area contributed by atoms with E-state index in [1.54, 1.807) is 6.20 Å². The number of amides is 1. The fraction of sp³-hybridized carbons (Fsp3) is 0.500. The monoisotopic (exact) mass is 377 g/mol. The molecule has 4 nitrogen and oxygen atoms in total. The third-order valence-corrected chi connectivity index (χ3v) is 6.22. The maximum absolute atomic E-state index is 12.7. The van der Waals surface area contributed by atoms with Crippen LogP contribution >= 0.6 is 0 Å². The molecule has 2 heterocycles. The molecule has 1 aliphatic heterocycles. The molecule has 2 aromatic rings. The molecule has 28 heavy (non-hydrogen) atoms. The van der Waals surface area contributed by atoms with Crippen LogP contribution in [0.25, 0.3) is 11.1 Å². The quantitative estimate of drug-likeness (QED) is 0.859. The molecule has 2 fully saturated rings. The van der Waals surface area contributed by atoms with Crippen molar-refractivity contribution in [1.29, 1.82) is 0 Å². The van der Waals surface area contributed by atoms with Gasteiger partial charge in [0.1, 0.15) is 0 Å². The van der Waals surface area contributed by atoms with Crippen molar-refractivity contribution in [2.24, 2.45) is 11.8 Å². The fourth-order valence-corrected chi connectivity index (χ4v) is 4.72. The number of nitrogens with one attached hydrogen (secondary N) is 1. The summed E-state index contributed by atoms with van der Waals surface area (Å²) in [5, 5.41) is 3.14. The lowest BCUT2D eigenvalue weighted by molar-refractivity contribution is -0.124. The van der Waals surface area contributed by atoms with Crippen LogP contribution in [0.15, 0.2) is 48.8 Å². The first kappa shape index (κ1) is 19.1. The van der Waals surface area contributed by atoms with Crippen LogP contribution in [0.1, 0.15) is 37.7 Å². The van der Waals surface area contributed by atoms with Crippen molar-refractivity contribution < 1.29 is 4.79 Å². The van der Waals surface area contributed by atoms with Crippen molar-refractivity contribution in [3.8, 4) is 11.1 Å². The van der Waals surface area contributed by atoms with Gasteiger partial charge >= 0.3 is 0 Å². The Morgan fingerprint density at radius 1 is 1.07 bits per heavy atom. The van der Waals surface area contributed by atoms with Crippen LogP contribution in [0, 0.1) is 11.8 Å². The number of carbonyl (C=O) groups is 1. The highest BCUT2D eigenvalue weighted by atomic mass is 16.1. The summed E-state index contributed by atoms with van der Waals surface area (Å²) >= 11 is 0.